The summed E-state index contributed by atoms with van der Waals surface area (Å²) in [4.78, 5) is 0. The molecule has 0 spiro atoms. The standard InChI is InChI=1S/C11H26O2Si2/c1-14(2,3)12-10-8-7-9-11(10)13-15(4,5)6/h10-11H,7-9H2,1-6H3. The largest absolute Gasteiger partial charge is 0.412 e. The van der Waals surface area contributed by atoms with Crippen molar-refractivity contribution in [1.29, 1.82) is 0 Å². The summed E-state index contributed by atoms with van der Waals surface area (Å²) < 4.78 is 12.4. The van der Waals surface area contributed by atoms with Crippen LogP contribution in [0.15, 0.2) is 0 Å². The molecule has 2 unspecified atom stereocenters. The van der Waals surface area contributed by atoms with Gasteiger partial charge in [-0.1, -0.05) is 0 Å². The molecule has 0 heterocycles. The second kappa shape index (κ2) is 4.69. The normalized spacial score (nSPS) is 28.4. The molecule has 0 N–H and O–H groups in total. The van der Waals surface area contributed by atoms with Crippen LogP contribution in [0, 0.1) is 0 Å². The van der Waals surface area contributed by atoms with Gasteiger partial charge in [0.2, 0.25) is 0 Å². The molecule has 1 aliphatic rings. The first kappa shape index (κ1) is 13.4. The Morgan fingerprint density at radius 2 is 1.07 bits per heavy atom. The number of rotatable bonds is 4. The van der Waals surface area contributed by atoms with Crippen molar-refractivity contribution >= 4 is 16.6 Å². The van der Waals surface area contributed by atoms with Gasteiger partial charge in [0.05, 0.1) is 12.2 Å². The molecule has 4 heteroatoms. The van der Waals surface area contributed by atoms with E-state index in [4.69, 9.17) is 8.85 Å². The van der Waals surface area contributed by atoms with Crippen LogP contribution in [0.3, 0.4) is 0 Å². The first-order valence-electron chi connectivity index (χ1n) is 6.03. The van der Waals surface area contributed by atoms with E-state index in [0.717, 1.165) is 0 Å². The fourth-order valence-electron chi connectivity index (χ4n) is 2.07. The molecule has 0 aliphatic heterocycles. The smallest absolute Gasteiger partial charge is 0.184 e. The molecule has 0 aromatic rings. The Kier molecular flexibility index (Phi) is 4.20. The summed E-state index contributed by atoms with van der Waals surface area (Å²) in [5, 5.41) is 0. The van der Waals surface area contributed by atoms with Crippen LogP contribution in [-0.2, 0) is 8.85 Å². The highest BCUT2D eigenvalue weighted by Crippen LogP contribution is 2.29. The van der Waals surface area contributed by atoms with Gasteiger partial charge < -0.3 is 8.85 Å². The summed E-state index contributed by atoms with van der Waals surface area (Å²) in [6.45, 7) is 13.6. The zero-order valence-corrected chi connectivity index (χ0v) is 13.1. The van der Waals surface area contributed by atoms with Crippen molar-refractivity contribution in [2.24, 2.45) is 0 Å². The van der Waals surface area contributed by atoms with Gasteiger partial charge in [0, 0.05) is 0 Å². The van der Waals surface area contributed by atoms with Crippen molar-refractivity contribution in [3.05, 3.63) is 0 Å². The van der Waals surface area contributed by atoms with Crippen molar-refractivity contribution in [2.45, 2.75) is 70.8 Å². The van der Waals surface area contributed by atoms with E-state index in [2.05, 4.69) is 39.3 Å². The monoisotopic (exact) mass is 246 g/mol. The maximum atomic E-state index is 6.19. The Bertz CT molecular complexity index is 184. The summed E-state index contributed by atoms with van der Waals surface area (Å²) in [7, 11) is -2.81. The molecular formula is C11H26O2Si2. The van der Waals surface area contributed by atoms with E-state index >= 15 is 0 Å². The first-order valence-corrected chi connectivity index (χ1v) is 12.8. The van der Waals surface area contributed by atoms with Gasteiger partial charge in [0.25, 0.3) is 0 Å². The van der Waals surface area contributed by atoms with Gasteiger partial charge >= 0.3 is 0 Å². The molecule has 1 fully saturated rings. The van der Waals surface area contributed by atoms with Crippen LogP contribution in [0.1, 0.15) is 19.3 Å². The molecule has 0 radical (unpaired) electrons. The van der Waals surface area contributed by atoms with Crippen LogP contribution in [0.4, 0.5) is 0 Å². The average molecular weight is 246 g/mol. The van der Waals surface area contributed by atoms with Gasteiger partial charge in [-0.05, 0) is 58.5 Å². The molecule has 1 aliphatic carbocycles. The minimum Gasteiger partial charge on any atom is -0.412 e. The maximum Gasteiger partial charge on any atom is 0.184 e. The molecule has 90 valence electrons. The molecule has 0 aromatic carbocycles. The van der Waals surface area contributed by atoms with Gasteiger partial charge in [0.1, 0.15) is 0 Å². The van der Waals surface area contributed by atoms with Crippen molar-refractivity contribution in [3.63, 3.8) is 0 Å². The van der Waals surface area contributed by atoms with E-state index < -0.39 is 16.6 Å². The summed E-state index contributed by atoms with van der Waals surface area (Å²) in [5.74, 6) is 0. The summed E-state index contributed by atoms with van der Waals surface area (Å²) in [6, 6.07) is 0. The molecule has 0 amide bonds. The van der Waals surface area contributed by atoms with Gasteiger partial charge in [0.15, 0.2) is 16.6 Å². The predicted octanol–water partition coefficient (Wildman–Crippen LogP) is 3.61. The second-order valence-electron chi connectivity index (χ2n) is 6.47. The third-order valence-electron chi connectivity index (χ3n) is 2.40. The van der Waals surface area contributed by atoms with Crippen LogP contribution in [-0.4, -0.2) is 28.8 Å². The van der Waals surface area contributed by atoms with E-state index in [-0.39, 0.29) is 0 Å². The lowest BCUT2D eigenvalue weighted by atomic mass is 10.3. The van der Waals surface area contributed by atoms with Crippen molar-refractivity contribution in [2.75, 3.05) is 0 Å². The summed E-state index contributed by atoms with van der Waals surface area (Å²) in [5.41, 5.74) is 0. The first-order chi connectivity index (χ1) is 6.67. The van der Waals surface area contributed by atoms with E-state index in [1.807, 2.05) is 0 Å². The Morgan fingerprint density at radius 1 is 0.733 bits per heavy atom. The Hall–Kier alpha value is 0.354. The second-order valence-corrected chi connectivity index (χ2v) is 15.4. The Labute approximate surface area is 96.6 Å². The van der Waals surface area contributed by atoms with Crippen LogP contribution in [0.5, 0.6) is 0 Å². The van der Waals surface area contributed by atoms with Crippen molar-refractivity contribution < 1.29 is 8.85 Å². The van der Waals surface area contributed by atoms with Crippen LogP contribution >= 0.6 is 0 Å². The van der Waals surface area contributed by atoms with Crippen molar-refractivity contribution in [1.82, 2.24) is 0 Å². The number of hydrogen-bond donors (Lipinski definition) is 0. The molecule has 2 atom stereocenters. The molecule has 0 aromatic heterocycles. The van der Waals surface area contributed by atoms with E-state index in [1.54, 1.807) is 0 Å². The lowest BCUT2D eigenvalue weighted by Crippen LogP contribution is -2.41. The summed E-state index contributed by atoms with van der Waals surface area (Å²) in [6.07, 6.45) is 4.41. The average Bonchev–Trinajstić information content (AvgIpc) is 2.29. The Balaban J connectivity index is 2.50. The zero-order chi connectivity index (χ0) is 11.7. The van der Waals surface area contributed by atoms with Gasteiger partial charge in [-0.3, -0.25) is 0 Å². The third kappa shape index (κ3) is 5.29. The zero-order valence-electron chi connectivity index (χ0n) is 11.1. The third-order valence-corrected chi connectivity index (χ3v) is 4.42. The molecule has 0 bridgehead atoms. The predicted molar refractivity (Wildman–Crippen MR) is 70.3 cm³/mol. The van der Waals surface area contributed by atoms with Gasteiger partial charge in [-0.15, -0.1) is 0 Å². The molecule has 0 saturated heterocycles. The van der Waals surface area contributed by atoms with Crippen molar-refractivity contribution in [3.8, 4) is 0 Å². The van der Waals surface area contributed by atoms with Crippen LogP contribution in [0.2, 0.25) is 39.3 Å². The molecular weight excluding hydrogens is 220 g/mol. The Morgan fingerprint density at radius 3 is 1.33 bits per heavy atom. The SMILES string of the molecule is C[Si](C)(C)OC1CCCC1O[Si](C)(C)C. The highest BCUT2D eigenvalue weighted by atomic mass is 28.4. The minimum absolute atomic E-state index is 0.378. The number of hydrogen-bond acceptors (Lipinski definition) is 2. The fraction of sp³-hybridized carbons (Fsp3) is 1.00. The maximum absolute atomic E-state index is 6.19. The fourth-order valence-corrected chi connectivity index (χ4v) is 4.43. The molecule has 1 rings (SSSR count). The van der Waals surface area contributed by atoms with Gasteiger partial charge in [-0.2, -0.15) is 0 Å². The highest BCUT2D eigenvalue weighted by Gasteiger charge is 2.35. The van der Waals surface area contributed by atoms with Gasteiger partial charge in [-0.25, -0.2) is 0 Å². The summed E-state index contributed by atoms with van der Waals surface area (Å²) >= 11 is 0. The van der Waals surface area contributed by atoms with E-state index in [1.165, 1.54) is 19.3 Å². The van der Waals surface area contributed by atoms with E-state index in [0.29, 0.717) is 12.2 Å². The minimum atomic E-state index is -1.40. The quantitative estimate of drug-likeness (QED) is 0.706. The van der Waals surface area contributed by atoms with E-state index in [9.17, 15) is 0 Å². The molecule has 1 saturated carbocycles. The molecule has 2 nitrogen and oxygen atoms in total. The lowest BCUT2D eigenvalue weighted by molar-refractivity contribution is 0.0679. The highest BCUT2D eigenvalue weighted by molar-refractivity contribution is 6.70. The molecule has 15 heavy (non-hydrogen) atoms. The topological polar surface area (TPSA) is 18.5 Å². The van der Waals surface area contributed by atoms with Crippen LogP contribution < -0.4 is 0 Å². The lowest BCUT2D eigenvalue weighted by Gasteiger charge is -2.31. The van der Waals surface area contributed by atoms with Crippen LogP contribution in [0.25, 0.3) is 0 Å².